The molecule has 0 atom stereocenters. The number of rotatable bonds is 5. The third-order valence-electron chi connectivity index (χ3n) is 4.72. The summed E-state index contributed by atoms with van der Waals surface area (Å²) in [5, 5.41) is 4.08. The van der Waals surface area contributed by atoms with Gasteiger partial charge in [-0.3, -0.25) is 0 Å². The van der Waals surface area contributed by atoms with Gasteiger partial charge in [0.2, 0.25) is 0 Å². The summed E-state index contributed by atoms with van der Waals surface area (Å²) < 4.78 is 0. The molecule has 0 bridgehead atoms. The van der Waals surface area contributed by atoms with Gasteiger partial charge in [-0.1, -0.05) is 72.9 Å². The fourth-order valence-electron chi connectivity index (χ4n) is 3.32. The number of benzene rings is 2. The minimum Gasteiger partial charge on any atom is -0.390 e. The van der Waals surface area contributed by atoms with Gasteiger partial charge < -0.3 is 4.84 Å². The molecule has 2 aromatic carbocycles. The fraction of sp³-hybridized carbons (Fsp3) is 0.381. The topological polar surface area (TPSA) is 21.6 Å². The van der Waals surface area contributed by atoms with E-state index in [1.807, 2.05) is 18.2 Å². The van der Waals surface area contributed by atoms with Crippen molar-refractivity contribution < 1.29 is 4.84 Å². The Morgan fingerprint density at radius 2 is 1.74 bits per heavy atom. The molecule has 2 nitrogen and oxygen atoms in total. The Hall–Kier alpha value is -2.09. The van der Waals surface area contributed by atoms with Crippen molar-refractivity contribution in [3.05, 3.63) is 70.8 Å². The number of hydrogen-bond donors (Lipinski definition) is 0. The van der Waals surface area contributed by atoms with Gasteiger partial charge in [-0.05, 0) is 42.4 Å². The minimum atomic E-state index is 0.491. The van der Waals surface area contributed by atoms with Gasteiger partial charge in [0.1, 0.15) is 12.8 Å². The van der Waals surface area contributed by atoms with E-state index >= 15 is 0 Å². The van der Waals surface area contributed by atoms with E-state index in [-0.39, 0.29) is 0 Å². The summed E-state index contributed by atoms with van der Waals surface area (Å²) in [6, 6.07) is 16.7. The average molecular weight is 306 g/mol. The largest absolute Gasteiger partial charge is 0.390 e. The molecule has 0 amide bonds. The van der Waals surface area contributed by atoms with Gasteiger partial charge >= 0.3 is 0 Å². The zero-order valence-corrected chi connectivity index (χ0v) is 13.8. The van der Waals surface area contributed by atoms with Crippen LogP contribution in [-0.2, 0) is 11.4 Å². The fourth-order valence-corrected chi connectivity index (χ4v) is 3.32. The highest BCUT2D eigenvalue weighted by molar-refractivity contribution is 5.81. The van der Waals surface area contributed by atoms with Gasteiger partial charge in [0.05, 0.1) is 0 Å². The second-order valence-electron chi connectivity index (χ2n) is 6.33. The Morgan fingerprint density at radius 1 is 1.00 bits per heavy atom. The summed E-state index contributed by atoms with van der Waals surface area (Å²) in [5.41, 5.74) is 4.84. The lowest BCUT2D eigenvalue weighted by molar-refractivity contribution is 0.131. The average Bonchev–Trinajstić information content (AvgIpc) is 2.61. The van der Waals surface area contributed by atoms with Crippen LogP contribution in [0.25, 0.3) is 0 Å². The third-order valence-corrected chi connectivity index (χ3v) is 4.72. The molecule has 23 heavy (non-hydrogen) atoms. The highest BCUT2D eigenvalue weighted by Crippen LogP contribution is 2.33. The van der Waals surface area contributed by atoms with Crippen molar-refractivity contribution in [1.82, 2.24) is 0 Å². The summed E-state index contributed by atoms with van der Waals surface area (Å²) >= 11 is 0. The maximum absolute atomic E-state index is 5.46. The van der Waals surface area contributed by atoms with E-state index in [2.05, 4.69) is 48.6 Å². The van der Waals surface area contributed by atoms with Crippen molar-refractivity contribution >= 4 is 6.21 Å². The van der Waals surface area contributed by atoms with E-state index in [4.69, 9.17) is 4.84 Å². The molecule has 1 aliphatic rings. The first-order valence-electron chi connectivity index (χ1n) is 8.56. The molecule has 1 aliphatic carbocycles. The van der Waals surface area contributed by atoms with Crippen molar-refractivity contribution in [3.8, 4) is 0 Å². The first-order chi connectivity index (χ1) is 11.3. The van der Waals surface area contributed by atoms with E-state index in [1.54, 1.807) is 0 Å². The second-order valence-corrected chi connectivity index (χ2v) is 6.33. The Labute approximate surface area is 139 Å². The van der Waals surface area contributed by atoms with Crippen LogP contribution >= 0.6 is 0 Å². The summed E-state index contributed by atoms with van der Waals surface area (Å²) in [6.07, 6.45) is 9.70. The van der Waals surface area contributed by atoms with Crippen molar-refractivity contribution in [2.45, 2.75) is 51.6 Å². The predicted octanol–water partition coefficient (Wildman–Crippen LogP) is 5.47. The van der Waals surface area contributed by atoms with Gasteiger partial charge in [-0.2, -0.15) is 0 Å². The highest BCUT2D eigenvalue weighted by atomic mass is 16.6. The van der Waals surface area contributed by atoms with E-state index in [0.29, 0.717) is 12.5 Å². The number of hydrogen-bond acceptors (Lipinski definition) is 2. The van der Waals surface area contributed by atoms with Crippen LogP contribution in [0.3, 0.4) is 0 Å². The van der Waals surface area contributed by atoms with Gasteiger partial charge in [0.25, 0.3) is 0 Å². The monoisotopic (exact) mass is 306 g/mol. The molecule has 1 radical (unpaired) electrons. The van der Waals surface area contributed by atoms with E-state index in [1.165, 1.54) is 48.8 Å². The first-order valence-corrected chi connectivity index (χ1v) is 8.56. The van der Waals surface area contributed by atoms with Crippen LogP contribution in [-0.4, -0.2) is 6.21 Å². The van der Waals surface area contributed by atoms with Crippen molar-refractivity contribution in [2.24, 2.45) is 5.16 Å². The van der Waals surface area contributed by atoms with Crippen molar-refractivity contribution in [2.75, 3.05) is 0 Å². The van der Waals surface area contributed by atoms with E-state index < -0.39 is 0 Å². The van der Waals surface area contributed by atoms with Crippen molar-refractivity contribution in [3.63, 3.8) is 0 Å². The molecule has 0 spiro atoms. The van der Waals surface area contributed by atoms with E-state index in [0.717, 1.165) is 5.56 Å². The molecule has 0 saturated heterocycles. The van der Waals surface area contributed by atoms with Crippen LogP contribution in [0.2, 0.25) is 0 Å². The molecule has 3 rings (SSSR count). The first kappa shape index (κ1) is 15.8. The molecular formula is C21H24NO. The molecule has 1 saturated carbocycles. The van der Waals surface area contributed by atoms with E-state index in [9.17, 15) is 0 Å². The van der Waals surface area contributed by atoms with Crippen LogP contribution in [0.5, 0.6) is 0 Å². The standard InChI is InChI=1S/C21H24NO/c1-17-9-5-6-13-20(17)16-23-22-15-19-12-7-8-14-21(19)18-10-3-2-4-11-18/h5-9,12-14,18H,2-4,10-11,16H2,1H3. The highest BCUT2D eigenvalue weighted by Gasteiger charge is 2.17. The van der Waals surface area contributed by atoms with Crippen LogP contribution in [0.15, 0.2) is 53.7 Å². The molecule has 0 aliphatic heterocycles. The molecule has 119 valence electrons. The summed E-state index contributed by atoms with van der Waals surface area (Å²) in [7, 11) is 0. The molecule has 1 fully saturated rings. The lowest BCUT2D eigenvalue weighted by atomic mass is 9.82. The van der Waals surface area contributed by atoms with Crippen LogP contribution in [0.1, 0.15) is 60.3 Å². The molecule has 0 N–H and O–H groups in total. The van der Waals surface area contributed by atoms with Gasteiger partial charge in [-0.25, -0.2) is 0 Å². The zero-order chi connectivity index (χ0) is 15.9. The Kier molecular flexibility index (Phi) is 5.46. The zero-order valence-electron chi connectivity index (χ0n) is 13.8. The number of nitrogens with zero attached hydrogens (tertiary/aromatic N) is 1. The predicted molar refractivity (Wildman–Crippen MR) is 94.8 cm³/mol. The van der Waals surface area contributed by atoms with Crippen molar-refractivity contribution in [1.29, 1.82) is 0 Å². The third kappa shape index (κ3) is 4.22. The maximum Gasteiger partial charge on any atom is 0.142 e. The molecule has 2 aromatic rings. The molecule has 2 heteroatoms. The Balaban J connectivity index is 1.64. The van der Waals surface area contributed by atoms with Crippen LogP contribution < -0.4 is 0 Å². The molecule has 0 aromatic heterocycles. The Bertz CT molecular complexity index is 656. The van der Waals surface area contributed by atoms with Gasteiger partial charge in [-0.15, -0.1) is 0 Å². The normalized spacial score (nSPS) is 15.9. The lowest BCUT2D eigenvalue weighted by Gasteiger charge is -2.23. The summed E-state index contributed by atoms with van der Waals surface area (Å²) in [4.78, 5) is 5.46. The van der Waals surface area contributed by atoms with Gasteiger partial charge in [0, 0.05) is 5.56 Å². The second kappa shape index (κ2) is 7.96. The summed E-state index contributed by atoms with van der Waals surface area (Å²) in [5.74, 6) is 0.652. The lowest BCUT2D eigenvalue weighted by Crippen LogP contribution is -2.07. The smallest absolute Gasteiger partial charge is 0.142 e. The maximum atomic E-state index is 5.46. The van der Waals surface area contributed by atoms with Crippen LogP contribution in [0.4, 0.5) is 0 Å². The molecular weight excluding hydrogens is 282 g/mol. The SMILES string of the molecule is Cc1ccccc1CO/N=[C]\c1ccccc1C1CCCCC1. The molecule has 0 unspecified atom stereocenters. The minimum absolute atomic E-state index is 0.491. The van der Waals surface area contributed by atoms with Crippen LogP contribution in [0, 0.1) is 6.92 Å². The quantitative estimate of drug-likeness (QED) is 0.530. The number of aryl methyl sites for hydroxylation is 1. The molecule has 0 heterocycles. The Morgan fingerprint density at radius 3 is 2.57 bits per heavy atom. The summed E-state index contributed by atoms with van der Waals surface area (Å²) in [6.45, 7) is 2.58. The van der Waals surface area contributed by atoms with Gasteiger partial charge in [0.15, 0.2) is 0 Å².